The Bertz CT molecular complexity index is 357. The van der Waals surface area contributed by atoms with Gasteiger partial charge in [-0.3, -0.25) is 0 Å². The van der Waals surface area contributed by atoms with Gasteiger partial charge in [0.1, 0.15) is 5.82 Å². The van der Waals surface area contributed by atoms with E-state index in [1.165, 1.54) is 6.07 Å². The molecule has 0 aliphatic carbocycles. The van der Waals surface area contributed by atoms with E-state index in [0.29, 0.717) is 11.1 Å². The summed E-state index contributed by atoms with van der Waals surface area (Å²) < 4.78 is 19.0. The Hall–Kier alpha value is -0.450. The molecule has 0 amide bonds. The van der Waals surface area contributed by atoms with E-state index in [2.05, 4.69) is 28.2 Å². The van der Waals surface area contributed by atoms with Crippen LogP contribution in [0.2, 0.25) is 0 Å². The Morgan fingerprint density at radius 1 is 1.35 bits per heavy atom. The van der Waals surface area contributed by atoms with Crippen LogP contribution in [0.25, 0.3) is 0 Å². The Morgan fingerprint density at radius 2 is 2.06 bits per heavy atom. The minimum absolute atomic E-state index is 0.183. The van der Waals surface area contributed by atoms with Crippen molar-refractivity contribution in [3.05, 3.63) is 34.1 Å². The molecular formula is C13H19BrFNO. The fraction of sp³-hybridized carbons (Fsp3) is 0.538. The highest BCUT2D eigenvalue weighted by atomic mass is 79.9. The monoisotopic (exact) mass is 303 g/mol. The standard InChI is InChI=1S/C13H19BrFNO/c1-9(2)17-7-6-16-10(3)11-4-5-13(15)12(14)8-11/h4-5,8-10,16H,6-7H2,1-3H3. The number of nitrogens with one attached hydrogen (secondary N) is 1. The molecule has 0 spiro atoms. The van der Waals surface area contributed by atoms with Gasteiger partial charge in [0, 0.05) is 12.6 Å². The molecule has 1 aromatic carbocycles. The van der Waals surface area contributed by atoms with Crippen LogP contribution in [0, 0.1) is 5.82 Å². The Labute approximate surface area is 111 Å². The number of rotatable bonds is 6. The van der Waals surface area contributed by atoms with E-state index in [1.54, 1.807) is 12.1 Å². The summed E-state index contributed by atoms with van der Waals surface area (Å²) in [5, 5.41) is 3.33. The number of ether oxygens (including phenoxy) is 1. The summed E-state index contributed by atoms with van der Waals surface area (Å²) in [4.78, 5) is 0. The third-order valence-corrected chi connectivity index (χ3v) is 3.06. The van der Waals surface area contributed by atoms with Crippen LogP contribution in [0.1, 0.15) is 32.4 Å². The van der Waals surface area contributed by atoms with Crippen molar-refractivity contribution >= 4 is 15.9 Å². The molecular weight excluding hydrogens is 285 g/mol. The molecule has 0 bridgehead atoms. The molecule has 0 saturated carbocycles. The van der Waals surface area contributed by atoms with Gasteiger partial charge in [-0.2, -0.15) is 0 Å². The first-order valence-corrected chi connectivity index (χ1v) is 6.60. The van der Waals surface area contributed by atoms with E-state index in [9.17, 15) is 4.39 Å². The summed E-state index contributed by atoms with van der Waals surface area (Å²) in [6.45, 7) is 7.55. The van der Waals surface area contributed by atoms with Gasteiger partial charge in [-0.05, 0) is 54.4 Å². The van der Waals surface area contributed by atoms with Crippen molar-refractivity contribution in [2.45, 2.75) is 32.9 Å². The molecule has 0 fully saturated rings. The van der Waals surface area contributed by atoms with E-state index < -0.39 is 0 Å². The molecule has 1 unspecified atom stereocenters. The maximum atomic E-state index is 13.1. The SMILES string of the molecule is CC(C)OCCNC(C)c1ccc(F)c(Br)c1. The smallest absolute Gasteiger partial charge is 0.137 e. The highest BCUT2D eigenvalue weighted by molar-refractivity contribution is 9.10. The van der Waals surface area contributed by atoms with Crippen molar-refractivity contribution in [3.63, 3.8) is 0 Å². The molecule has 0 heterocycles. The van der Waals surface area contributed by atoms with E-state index in [-0.39, 0.29) is 18.0 Å². The summed E-state index contributed by atoms with van der Waals surface area (Å²) in [5.74, 6) is -0.232. The molecule has 1 atom stereocenters. The van der Waals surface area contributed by atoms with Crippen molar-refractivity contribution in [3.8, 4) is 0 Å². The maximum absolute atomic E-state index is 13.1. The zero-order valence-electron chi connectivity index (χ0n) is 10.5. The minimum Gasteiger partial charge on any atom is -0.377 e. The minimum atomic E-state index is -0.232. The molecule has 0 aliphatic heterocycles. The fourth-order valence-electron chi connectivity index (χ4n) is 1.47. The summed E-state index contributed by atoms with van der Waals surface area (Å²) in [6.07, 6.45) is 0.257. The number of hydrogen-bond donors (Lipinski definition) is 1. The highest BCUT2D eigenvalue weighted by Crippen LogP contribution is 2.20. The molecule has 17 heavy (non-hydrogen) atoms. The molecule has 0 aliphatic rings. The quantitative estimate of drug-likeness (QED) is 0.810. The van der Waals surface area contributed by atoms with E-state index in [4.69, 9.17) is 4.74 Å². The lowest BCUT2D eigenvalue weighted by atomic mass is 10.1. The van der Waals surface area contributed by atoms with Crippen LogP contribution in [-0.4, -0.2) is 19.3 Å². The third kappa shape index (κ3) is 5.15. The molecule has 1 N–H and O–H groups in total. The Morgan fingerprint density at radius 3 is 2.65 bits per heavy atom. The highest BCUT2D eigenvalue weighted by Gasteiger charge is 2.07. The number of hydrogen-bond acceptors (Lipinski definition) is 2. The predicted octanol–water partition coefficient (Wildman–Crippen LogP) is 3.66. The van der Waals surface area contributed by atoms with Gasteiger partial charge in [0.25, 0.3) is 0 Å². The second-order valence-electron chi connectivity index (χ2n) is 4.27. The van der Waals surface area contributed by atoms with E-state index in [0.717, 1.165) is 12.1 Å². The van der Waals surface area contributed by atoms with Crippen LogP contribution in [0.3, 0.4) is 0 Å². The summed E-state index contributed by atoms with van der Waals surface area (Å²) >= 11 is 3.19. The molecule has 96 valence electrons. The van der Waals surface area contributed by atoms with Crippen molar-refractivity contribution in [1.82, 2.24) is 5.32 Å². The van der Waals surface area contributed by atoms with Crippen LogP contribution >= 0.6 is 15.9 Å². The van der Waals surface area contributed by atoms with Gasteiger partial charge < -0.3 is 10.1 Å². The first-order valence-electron chi connectivity index (χ1n) is 5.80. The van der Waals surface area contributed by atoms with Crippen LogP contribution in [-0.2, 0) is 4.74 Å². The van der Waals surface area contributed by atoms with Gasteiger partial charge in [0.05, 0.1) is 17.2 Å². The van der Waals surface area contributed by atoms with Gasteiger partial charge in [-0.25, -0.2) is 4.39 Å². The second-order valence-corrected chi connectivity index (χ2v) is 5.12. The molecule has 1 aromatic rings. The van der Waals surface area contributed by atoms with Crippen molar-refractivity contribution in [1.29, 1.82) is 0 Å². The van der Waals surface area contributed by atoms with Gasteiger partial charge in [-0.15, -0.1) is 0 Å². The topological polar surface area (TPSA) is 21.3 Å². The molecule has 0 aromatic heterocycles. The van der Waals surface area contributed by atoms with Crippen molar-refractivity contribution in [2.24, 2.45) is 0 Å². The van der Waals surface area contributed by atoms with Crippen LogP contribution in [0.15, 0.2) is 22.7 Å². The first kappa shape index (κ1) is 14.6. The Balaban J connectivity index is 2.41. The predicted molar refractivity (Wildman–Crippen MR) is 71.6 cm³/mol. The lowest BCUT2D eigenvalue weighted by Crippen LogP contribution is -2.24. The number of benzene rings is 1. The van der Waals surface area contributed by atoms with Crippen LogP contribution in [0.5, 0.6) is 0 Å². The zero-order valence-corrected chi connectivity index (χ0v) is 12.1. The average Bonchev–Trinajstić information content (AvgIpc) is 2.27. The van der Waals surface area contributed by atoms with E-state index >= 15 is 0 Å². The molecule has 4 heteroatoms. The largest absolute Gasteiger partial charge is 0.377 e. The number of halogens is 2. The second kappa shape index (κ2) is 7.09. The molecule has 0 saturated heterocycles. The van der Waals surface area contributed by atoms with Crippen molar-refractivity contribution < 1.29 is 9.13 Å². The fourth-order valence-corrected chi connectivity index (χ4v) is 1.87. The van der Waals surface area contributed by atoms with Gasteiger partial charge >= 0.3 is 0 Å². The lowest BCUT2D eigenvalue weighted by molar-refractivity contribution is 0.0796. The zero-order chi connectivity index (χ0) is 12.8. The summed E-state index contributed by atoms with van der Waals surface area (Å²) in [5.41, 5.74) is 1.06. The molecule has 2 nitrogen and oxygen atoms in total. The van der Waals surface area contributed by atoms with Crippen molar-refractivity contribution in [2.75, 3.05) is 13.2 Å². The van der Waals surface area contributed by atoms with Gasteiger partial charge in [-0.1, -0.05) is 6.07 Å². The summed E-state index contributed by atoms with van der Waals surface area (Å²) in [7, 11) is 0. The first-order chi connectivity index (χ1) is 8.00. The summed E-state index contributed by atoms with van der Waals surface area (Å²) in [6, 6.07) is 5.25. The Kier molecular flexibility index (Phi) is 6.09. The lowest BCUT2D eigenvalue weighted by Gasteiger charge is -2.15. The molecule has 0 radical (unpaired) electrons. The maximum Gasteiger partial charge on any atom is 0.137 e. The van der Waals surface area contributed by atoms with Gasteiger partial charge in [0.2, 0.25) is 0 Å². The molecule has 1 rings (SSSR count). The normalized spacial score (nSPS) is 13.1. The van der Waals surface area contributed by atoms with E-state index in [1.807, 2.05) is 13.8 Å². The van der Waals surface area contributed by atoms with Gasteiger partial charge in [0.15, 0.2) is 0 Å². The average molecular weight is 304 g/mol. The van der Waals surface area contributed by atoms with Crippen LogP contribution in [0.4, 0.5) is 4.39 Å². The third-order valence-electron chi connectivity index (χ3n) is 2.45. The van der Waals surface area contributed by atoms with Crippen LogP contribution < -0.4 is 5.32 Å².